The van der Waals surface area contributed by atoms with Crippen molar-refractivity contribution in [3.63, 3.8) is 0 Å². The molecule has 20 heavy (non-hydrogen) atoms. The van der Waals surface area contributed by atoms with Crippen molar-refractivity contribution in [3.05, 3.63) is 60.2 Å². The van der Waals surface area contributed by atoms with Crippen molar-refractivity contribution in [3.8, 4) is 11.1 Å². The van der Waals surface area contributed by atoms with E-state index in [9.17, 15) is 9.59 Å². The molecule has 102 valence electrons. The van der Waals surface area contributed by atoms with E-state index in [0.717, 1.165) is 16.7 Å². The Kier molecular flexibility index (Phi) is 4.66. The van der Waals surface area contributed by atoms with Gasteiger partial charge >= 0.3 is 0 Å². The second-order valence-corrected chi connectivity index (χ2v) is 4.72. The van der Waals surface area contributed by atoms with Crippen LogP contribution in [0.1, 0.15) is 12.5 Å². The third-order valence-electron chi connectivity index (χ3n) is 3.23. The summed E-state index contributed by atoms with van der Waals surface area (Å²) < 4.78 is 0. The molecule has 2 aromatic rings. The van der Waals surface area contributed by atoms with E-state index in [1.807, 2.05) is 48.5 Å². The Morgan fingerprint density at radius 2 is 1.80 bits per heavy atom. The number of carbonyl (C=O) groups excluding carboxylic acids is 2. The first-order valence-corrected chi connectivity index (χ1v) is 6.55. The average molecular weight is 267 g/mol. The molecule has 0 spiro atoms. The maximum absolute atomic E-state index is 11.5. The summed E-state index contributed by atoms with van der Waals surface area (Å²) in [6.45, 7) is 1.49. The van der Waals surface area contributed by atoms with E-state index in [1.54, 1.807) is 0 Å². The average Bonchev–Trinajstić information content (AvgIpc) is 2.48. The van der Waals surface area contributed by atoms with Gasteiger partial charge in [-0.05, 0) is 30.0 Å². The smallest absolute Gasteiger partial charge is 0.207 e. The van der Waals surface area contributed by atoms with E-state index in [-0.39, 0.29) is 5.78 Å². The topological polar surface area (TPSA) is 46.2 Å². The number of nitrogens with one attached hydrogen (secondary N) is 1. The number of hydrogen-bond donors (Lipinski definition) is 1. The van der Waals surface area contributed by atoms with E-state index in [1.165, 1.54) is 6.92 Å². The maximum Gasteiger partial charge on any atom is 0.207 e. The van der Waals surface area contributed by atoms with Crippen LogP contribution in [0, 0.1) is 0 Å². The van der Waals surface area contributed by atoms with E-state index in [0.29, 0.717) is 12.8 Å². The Bertz CT molecular complexity index is 593. The number of amides is 1. The Balaban J connectivity index is 2.21. The number of ketones is 1. The van der Waals surface area contributed by atoms with Crippen molar-refractivity contribution in [1.29, 1.82) is 0 Å². The lowest BCUT2D eigenvalue weighted by Crippen LogP contribution is -2.36. The summed E-state index contributed by atoms with van der Waals surface area (Å²) in [6, 6.07) is 17.6. The highest BCUT2D eigenvalue weighted by atomic mass is 16.1. The summed E-state index contributed by atoms with van der Waals surface area (Å²) in [4.78, 5) is 22.0. The van der Waals surface area contributed by atoms with Crippen LogP contribution >= 0.6 is 0 Å². The predicted octanol–water partition coefficient (Wildman–Crippen LogP) is 2.60. The number of hydrogen-bond acceptors (Lipinski definition) is 2. The lowest BCUT2D eigenvalue weighted by atomic mass is 9.98. The van der Waals surface area contributed by atoms with E-state index in [4.69, 9.17) is 0 Å². The Morgan fingerprint density at radius 3 is 2.45 bits per heavy atom. The fourth-order valence-electron chi connectivity index (χ4n) is 2.15. The van der Waals surface area contributed by atoms with Crippen LogP contribution in [0.3, 0.4) is 0 Å². The van der Waals surface area contributed by atoms with Crippen molar-refractivity contribution in [1.82, 2.24) is 5.32 Å². The van der Waals surface area contributed by atoms with Gasteiger partial charge in [0.15, 0.2) is 5.78 Å². The Morgan fingerprint density at radius 1 is 1.10 bits per heavy atom. The molecule has 0 aromatic heterocycles. The second-order valence-electron chi connectivity index (χ2n) is 4.72. The molecule has 2 rings (SSSR count). The lowest BCUT2D eigenvalue weighted by Gasteiger charge is -2.13. The summed E-state index contributed by atoms with van der Waals surface area (Å²) in [6.07, 6.45) is 1.09. The minimum Gasteiger partial charge on any atom is -0.349 e. The molecule has 0 aliphatic carbocycles. The van der Waals surface area contributed by atoms with Gasteiger partial charge in [-0.2, -0.15) is 0 Å². The van der Waals surface area contributed by atoms with Crippen LogP contribution in [0.15, 0.2) is 54.6 Å². The fourth-order valence-corrected chi connectivity index (χ4v) is 2.15. The molecule has 3 nitrogen and oxygen atoms in total. The molecule has 1 amide bonds. The van der Waals surface area contributed by atoms with Crippen molar-refractivity contribution in [2.45, 2.75) is 19.4 Å². The molecule has 0 bridgehead atoms. The summed E-state index contributed by atoms with van der Waals surface area (Å²) in [5.74, 6) is -0.0396. The third-order valence-corrected chi connectivity index (χ3v) is 3.23. The maximum atomic E-state index is 11.5. The van der Waals surface area contributed by atoms with E-state index in [2.05, 4.69) is 11.4 Å². The molecule has 0 aliphatic heterocycles. The largest absolute Gasteiger partial charge is 0.349 e. The standard InChI is InChI=1S/C17H17NO2/c1-13(20)17(18-12-19)11-14-6-5-9-16(10-14)15-7-3-2-4-8-15/h2-10,12,17H,11H2,1H3,(H,18,19)/t17-/m0/s1. The zero-order valence-corrected chi connectivity index (χ0v) is 11.4. The zero-order valence-electron chi connectivity index (χ0n) is 11.4. The molecule has 1 atom stereocenters. The number of carbonyl (C=O) groups is 2. The van der Waals surface area contributed by atoms with Crippen molar-refractivity contribution in [2.75, 3.05) is 0 Å². The van der Waals surface area contributed by atoms with Crippen molar-refractivity contribution in [2.24, 2.45) is 0 Å². The number of rotatable bonds is 6. The zero-order chi connectivity index (χ0) is 14.4. The van der Waals surface area contributed by atoms with Gasteiger partial charge in [0.2, 0.25) is 6.41 Å². The first-order valence-electron chi connectivity index (χ1n) is 6.55. The van der Waals surface area contributed by atoms with Gasteiger partial charge in [0.1, 0.15) is 0 Å². The molecule has 0 fully saturated rings. The monoisotopic (exact) mass is 267 g/mol. The summed E-state index contributed by atoms with van der Waals surface area (Å²) in [5, 5.41) is 2.56. The first-order chi connectivity index (χ1) is 9.70. The normalized spacial score (nSPS) is 11.7. The van der Waals surface area contributed by atoms with Gasteiger partial charge in [-0.15, -0.1) is 0 Å². The highest BCUT2D eigenvalue weighted by Gasteiger charge is 2.13. The second kappa shape index (κ2) is 6.66. The predicted molar refractivity (Wildman–Crippen MR) is 79.3 cm³/mol. The molecule has 3 heteroatoms. The minimum atomic E-state index is -0.460. The van der Waals surface area contributed by atoms with Crippen LogP contribution in [0.2, 0.25) is 0 Å². The van der Waals surface area contributed by atoms with Gasteiger partial charge in [0.25, 0.3) is 0 Å². The summed E-state index contributed by atoms with van der Waals surface area (Å²) >= 11 is 0. The molecule has 0 unspecified atom stereocenters. The number of Topliss-reactive ketones (excluding diaryl/α,β-unsaturated/α-hetero) is 1. The van der Waals surface area contributed by atoms with Crippen molar-refractivity contribution < 1.29 is 9.59 Å². The summed E-state index contributed by atoms with van der Waals surface area (Å²) in [7, 11) is 0. The van der Waals surface area contributed by atoms with Gasteiger partial charge in [-0.3, -0.25) is 9.59 Å². The number of benzene rings is 2. The molecule has 0 heterocycles. The quantitative estimate of drug-likeness (QED) is 0.818. The molecule has 0 saturated carbocycles. The fraction of sp³-hybridized carbons (Fsp3) is 0.176. The van der Waals surface area contributed by atoms with Gasteiger partial charge < -0.3 is 5.32 Å². The summed E-state index contributed by atoms with van der Waals surface area (Å²) in [5.41, 5.74) is 3.27. The van der Waals surface area contributed by atoms with Gasteiger partial charge in [-0.1, -0.05) is 54.6 Å². The van der Waals surface area contributed by atoms with Crippen LogP contribution in [-0.2, 0) is 16.0 Å². The molecule has 0 saturated heterocycles. The third kappa shape index (κ3) is 3.54. The molecular formula is C17H17NO2. The van der Waals surface area contributed by atoms with Gasteiger partial charge in [0, 0.05) is 0 Å². The van der Waals surface area contributed by atoms with Crippen LogP contribution in [-0.4, -0.2) is 18.2 Å². The van der Waals surface area contributed by atoms with Gasteiger partial charge in [0.05, 0.1) is 6.04 Å². The van der Waals surface area contributed by atoms with Crippen LogP contribution in [0.5, 0.6) is 0 Å². The molecule has 0 radical (unpaired) electrons. The van der Waals surface area contributed by atoms with Crippen molar-refractivity contribution >= 4 is 12.2 Å². The highest BCUT2D eigenvalue weighted by molar-refractivity contribution is 5.83. The molecule has 1 N–H and O–H groups in total. The SMILES string of the molecule is CC(=O)[C@H](Cc1cccc(-c2ccccc2)c1)NC=O. The van der Waals surface area contributed by atoms with Crippen LogP contribution in [0.25, 0.3) is 11.1 Å². The van der Waals surface area contributed by atoms with Crippen LogP contribution in [0.4, 0.5) is 0 Å². The molecule has 0 aliphatic rings. The van der Waals surface area contributed by atoms with Crippen LogP contribution < -0.4 is 5.32 Å². The Hall–Kier alpha value is -2.42. The minimum absolute atomic E-state index is 0.0396. The van der Waals surface area contributed by atoms with E-state index >= 15 is 0 Å². The molecular weight excluding hydrogens is 250 g/mol. The lowest BCUT2D eigenvalue weighted by molar-refractivity contribution is -0.121. The molecule has 2 aromatic carbocycles. The van der Waals surface area contributed by atoms with E-state index < -0.39 is 6.04 Å². The highest BCUT2D eigenvalue weighted by Crippen LogP contribution is 2.20. The van der Waals surface area contributed by atoms with Gasteiger partial charge in [-0.25, -0.2) is 0 Å². The first kappa shape index (κ1) is 14.0. The Labute approximate surface area is 118 Å².